The number of nitrogens with one attached hydrogen (secondary N) is 1. The van der Waals surface area contributed by atoms with Gasteiger partial charge in [-0.1, -0.05) is 25.3 Å². The summed E-state index contributed by atoms with van der Waals surface area (Å²) in [4.78, 5) is 6.93. The van der Waals surface area contributed by atoms with Gasteiger partial charge < -0.3 is 14.8 Å². The van der Waals surface area contributed by atoms with Crippen LogP contribution in [0.1, 0.15) is 75.3 Å². The van der Waals surface area contributed by atoms with Crippen LogP contribution < -0.4 is 5.32 Å². The van der Waals surface area contributed by atoms with Crippen LogP contribution in [-0.4, -0.2) is 25.6 Å². The normalized spacial score (nSPS) is 24.3. The van der Waals surface area contributed by atoms with Crippen molar-refractivity contribution < 1.29 is 0 Å². The van der Waals surface area contributed by atoms with Crippen LogP contribution in [0.25, 0.3) is 0 Å². The molecule has 0 radical (unpaired) electrons. The highest BCUT2D eigenvalue weighted by Gasteiger charge is 2.41. The van der Waals surface area contributed by atoms with E-state index in [4.69, 9.17) is 12.2 Å². The van der Waals surface area contributed by atoms with Gasteiger partial charge in [0.2, 0.25) is 0 Å². The number of hydrogen-bond donors (Lipinski definition) is 1. The average Bonchev–Trinajstić information content (AvgIpc) is 3.27. The molecule has 3 heterocycles. The molecule has 138 valence electrons. The SMILES string of the molecule is CC(C)N1C(=S)N[C@H](c2ccccn2)[C@@H]1c1ccn(C2CCCCC2)c1. The Balaban J connectivity index is 1.68. The Kier molecular flexibility index (Phi) is 4.98. The lowest BCUT2D eigenvalue weighted by Gasteiger charge is -2.30. The molecule has 2 fully saturated rings. The number of nitrogens with zero attached hydrogens (tertiary/aromatic N) is 3. The van der Waals surface area contributed by atoms with Crippen LogP contribution in [-0.2, 0) is 0 Å². The van der Waals surface area contributed by atoms with Crippen LogP contribution in [0.4, 0.5) is 0 Å². The van der Waals surface area contributed by atoms with Crippen LogP contribution in [0.5, 0.6) is 0 Å². The van der Waals surface area contributed by atoms with Crippen molar-refractivity contribution in [1.29, 1.82) is 0 Å². The number of hydrogen-bond acceptors (Lipinski definition) is 2. The Hall–Kier alpha value is -1.88. The molecule has 2 aromatic heterocycles. The molecule has 5 heteroatoms. The molecule has 4 nitrogen and oxygen atoms in total. The Morgan fingerprint density at radius 3 is 2.65 bits per heavy atom. The molecule has 4 rings (SSSR count). The second-order valence-electron chi connectivity index (χ2n) is 7.81. The summed E-state index contributed by atoms with van der Waals surface area (Å²) in [5, 5.41) is 4.35. The van der Waals surface area contributed by atoms with E-state index in [1.54, 1.807) is 0 Å². The summed E-state index contributed by atoms with van der Waals surface area (Å²) in [6, 6.07) is 9.65. The van der Waals surface area contributed by atoms with Gasteiger partial charge in [-0.2, -0.15) is 0 Å². The highest BCUT2D eigenvalue weighted by molar-refractivity contribution is 7.80. The molecule has 0 unspecified atom stereocenters. The van der Waals surface area contributed by atoms with Crippen molar-refractivity contribution in [3.8, 4) is 0 Å². The summed E-state index contributed by atoms with van der Waals surface area (Å²) in [5.74, 6) is 0. The highest BCUT2D eigenvalue weighted by Crippen LogP contribution is 2.40. The highest BCUT2D eigenvalue weighted by atomic mass is 32.1. The van der Waals surface area contributed by atoms with E-state index in [1.807, 2.05) is 12.3 Å². The summed E-state index contributed by atoms with van der Waals surface area (Å²) < 4.78 is 2.43. The number of thiocarbonyl (C=S) groups is 1. The van der Waals surface area contributed by atoms with Gasteiger partial charge in [0, 0.05) is 30.7 Å². The number of aromatic nitrogens is 2. The number of pyridine rings is 1. The fourth-order valence-electron chi connectivity index (χ4n) is 4.49. The van der Waals surface area contributed by atoms with Crippen molar-refractivity contribution in [2.24, 2.45) is 0 Å². The summed E-state index contributed by atoms with van der Waals surface area (Å²) >= 11 is 5.68. The van der Waals surface area contributed by atoms with E-state index in [0.717, 1.165) is 10.8 Å². The van der Waals surface area contributed by atoms with Crippen LogP contribution >= 0.6 is 12.2 Å². The van der Waals surface area contributed by atoms with E-state index in [2.05, 4.69) is 64.2 Å². The largest absolute Gasteiger partial charge is 0.352 e. The third-order valence-corrected chi connectivity index (χ3v) is 6.10. The van der Waals surface area contributed by atoms with E-state index in [-0.39, 0.29) is 12.1 Å². The molecule has 0 aromatic carbocycles. The first kappa shape index (κ1) is 17.5. The van der Waals surface area contributed by atoms with Gasteiger partial charge in [0.15, 0.2) is 5.11 Å². The zero-order valence-electron chi connectivity index (χ0n) is 15.6. The lowest BCUT2D eigenvalue weighted by atomic mass is 9.95. The van der Waals surface area contributed by atoms with Gasteiger partial charge in [-0.25, -0.2) is 0 Å². The standard InChI is InChI=1S/C21H28N4S/c1-15(2)25-20(19(23-21(25)26)18-10-6-7-12-22-18)16-11-13-24(14-16)17-8-4-3-5-9-17/h6-7,10-15,17,19-20H,3-5,8-9H2,1-2H3,(H,23,26)/t19-,20+/m1/s1. The van der Waals surface area contributed by atoms with E-state index < -0.39 is 0 Å². The lowest BCUT2D eigenvalue weighted by Crippen LogP contribution is -2.35. The molecule has 26 heavy (non-hydrogen) atoms. The van der Waals surface area contributed by atoms with Gasteiger partial charge in [-0.3, -0.25) is 4.98 Å². The smallest absolute Gasteiger partial charge is 0.170 e. The molecule has 2 aromatic rings. The molecule has 0 amide bonds. The van der Waals surface area contributed by atoms with Gasteiger partial charge in [0.1, 0.15) is 0 Å². The third-order valence-electron chi connectivity index (χ3n) is 5.77. The zero-order chi connectivity index (χ0) is 18.1. The van der Waals surface area contributed by atoms with E-state index >= 15 is 0 Å². The minimum Gasteiger partial charge on any atom is -0.352 e. The third kappa shape index (κ3) is 3.25. The summed E-state index contributed by atoms with van der Waals surface area (Å²) in [7, 11) is 0. The van der Waals surface area contributed by atoms with Crippen molar-refractivity contribution in [3.63, 3.8) is 0 Å². The maximum Gasteiger partial charge on any atom is 0.170 e. The second-order valence-corrected chi connectivity index (χ2v) is 8.20. The first-order valence-electron chi connectivity index (χ1n) is 9.82. The van der Waals surface area contributed by atoms with Gasteiger partial charge in [0.05, 0.1) is 17.8 Å². The summed E-state index contributed by atoms with van der Waals surface area (Å²) in [6.07, 6.45) is 13.2. The predicted molar refractivity (Wildman–Crippen MR) is 109 cm³/mol. The Morgan fingerprint density at radius 1 is 1.15 bits per heavy atom. The Morgan fingerprint density at radius 2 is 1.96 bits per heavy atom. The Bertz CT molecular complexity index is 748. The van der Waals surface area contributed by atoms with E-state index in [0.29, 0.717) is 12.1 Å². The molecule has 1 aliphatic carbocycles. The molecular formula is C21H28N4S. The summed E-state index contributed by atoms with van der Waals surface area (Å²) in [5.41, 5.74) is 2.38. The minimum atomic E-state index is 0.0910. The van der Waals surface area contributed by atoms with E-state index in [1.165, 1.54) is 37.7 Å². The van der Waals surface area contributed by atoms with Crippen LogP contribution in [0.15, 0.2) is 42.9 Å². The molecule has 1 N–H and O–H groups in total. The topological polar surface area (TPSA) is 33.1 Å². The predicted octanol–water partition coefficient (Wildman–Crippen LogP) is 4.77. The van der Waals surface area contributed by atoms with E-state index in [9.17, 15) is 0 Å². The fourth-order valence-corrected chi connectivity index (χ4v) is 4.94. The molecule has 1 aliphatic heterocycles. The monoisotopic (exact) mass is 368 g/mol. The maximum absolute atomic E-state index is 5.68. The first-order valence-corrected chi connectivity index (χ1v) is 10.2. The van der Waals surface area contributed by atoms with Crippen molar-refractivity contribution in [1.82, 2.24) is 19.8 Å². The first-order chi connectivity index (χ1) is 12.6. The quantitative estimate of drug-likeness (QED) is 0.788. The Labute approximate surface area is 161 Å². The molecule has 2 aliphatic rings. The van der Waals surface area contributed by atoms with Crippen molar-refractivity contribution >= 4 is 17.3 Å². The molecule has 1 saturated carbocycles. The molecule has 0 bridgehead atoms. The van der Waals surface area contributed by atoms with Gasteiger partial charge in [-0.05, 0) is 62.7 Å². The lowest BCUT2D eigenvalue weighted by molar-refractivity contribution is 0.269. The minimum absolute atomic E-state index is 0.0910. The van der Waals surface area contributed by atoms with Crippen molar-refractivity contribution in [3.05, 3.63) is 54.1 Å². The second kappa shape index (κ2) is 7.39. The van der Waals surface area contributed by atoms with Crippen molar-refractivity contribution in [2.75, 3.05) is 0 Å². The van der Waals surface area contributed by atoms with Crippen molar-refractivity contribution in [2.45, 2.75) is 70.1 Å². The van der Waals surface area contributed by atoms with Crippen LogP contribution in [0.2, 0.25) is 0 Å². The van der Waals surface area contributed by atoms with Gasteiger partial charge in [0.25, 0.3) is 0 Å². The summed E-state index contributed by atoms with van der Waals surface area (Å²) in [6.45, 7) is 4.42. The van der Waals surface area contributed by atoms with Gasteiger partial charge >= 0.3 is 0 Å². The molecule has 1 saturated heterocycles. The van der Waals surface area contributed by atoms with Crippen LogP contribution in [0, 0.1) is 0 Å². The fraction of sp³-hybridized carbons (Fsp3) is 0.524. The average molecular weight is 369 g/mol. The zero-order valence-corrected chi connectivity index (χ0v) is 16.5. The number of rotatable bonds is 4. The molecule has 2 atom stereocenters. The van der Waals surface area contributed by atoms with Crippen LogP contribution in [0.3, 0.4) is 0 Å². The molecular weight excluding hydrogens is 340 g/mol. The molecule has 0 spiro atoms. The van der Waals surface area contributed by atoms with Gasteiger partial charge in [-0.15, -0.1) is 0 Å². The maximum atomic E-state index is 5.68.